The Kier molecular flexibility index (Phi) is 5.25. The molecule has 0 spiro atoms. The number of carbonyl (C=O) groups is 1. The van der Waals surface area contributed by atoms with E-state index in [1.165, 1.54) is 0 Å². The summed E-state index contributed by atoms with van der Waals surface area (Å²) in [6.07, 6.45) is -4.68. The smallest absolute Gasteiger partial charge is 0.320 e. The standard InChI is InChI=1S/C12H9F4N5O3S/c1-20-10(12(14,15)16)18-19-11(20)25-5-9(22)17-7-3-2-6(13)4-8(7)21(23)24/h2-4H,5H2,1H3,(H,17,22). The number of rotatable bonds is 5. The second-order valence-electron chi connectivity index (χ2n) is 4.62. The van der Waals surface area contributed by atoms with Crippen LogP contribution in [0.15, 0.2) is 23.4 Å². The molecule has 0 bridgehead atoms. The lowest BCUT2D eigenvalue weighted by Gasteiger charge is -2.07. The third-order valence-electron chi connectivity index (χ3n) is 2.85. The van der Waals surface area contributed by atoms with Crippen LogP contribution in [-0.4, -0.2) is 31.3 Å². The van der Waals surface area contributed by atoms with Gasteiger partial charge in [0.15, 0.2) is 5.16 Å². The highest BCUT2D eigenvalue weighted by Gasteiger charge is 2.37. The van der Waals surface area contributed by atoms with Crippen LogP contribution < -0.4 is 5.32 Å². The van der Waals surface area contributed by atoms with E-state index in [1.807, 2.05) is 0 Å². The van der Waals surface area contributed by atoms with Crippen LogP contribution in [0.5, 0.6) is 0 Å². The first-order valence-corrected chi connectivity index (χ1v) is 7.41. The Bertz CT molecular complexity index is 824. The predicted molar refractivity (Wildman–Crippen MR) is 78.4 cm³/mol. The zero-order chi connectivity index (χ0) is 18.8. The number of nitro groups is 1. The molecular weight excluding hydrogens is 370 g/mol. The minimum absolute atomic E-state index is 0.156. The van der Waals surface area contributed by atoms with Crippen LogP contribution in [0.1, 0.15) is 5.82 Å². The number of nitrogens with zero attached hydrogens (tertiary/aromatic N) is 4. The van der Waals surface area contributed by atoms with Gasteiger partial charge >= 0.3 is 6.18 Å². The normalized spacial score (nSPS) is 11.4. The molecule has 2 rings (SSSR count). The molecule has 1 aromatic carbocycles. The summed E-state index contributed by atoms with van der Waals surface area (Å²) in [6, 6.07) is 2.58. The summed E-state index contributed by atoms with van der Waals surface area (Å²) >= 11 is 0.662. The quantitative estimate of drug-likeness (QED) is 0.371. The monoisotopic (exact) mass is 379 g/mol. The average molecular weight is 379 g/mol. The highest BCUT2D eigenvalue weighted by molar-refractivity contribution is 7.99. The molecular formula is C12H9F4N5O3S. The van der Waals surface area contributed by atoms with Gasteiger partial charge < -0.3 is 9.88 Å². The van der Waals surface area contributed by atoms with Crippen molar-refractivity contribution in [1.29, 1.82) is 0 Å². The van der Waals surface area contributed by atoms with Gasteiger partial charge in [0.1, 0.15) is 11.5 Å². The van der Waals surface area contributed by atoms with Crippen LogP contribution in [0, 0.1) is 15.9 Å². The number of carbonyl (C=O) groups excluding carboxylic acids is 1. The molecule has 0 aliphatic carbocycles. The molecule has 13 heteroatoms. The van der Waals surface area contributed by atoms with Gasteiger partial charge in [0, 0.05) is 7.05 Å². The van der Waals surface area contributed by atoms with Gasteiger partial charge in [-0.25, -0.2) is 4.39 Å². The number of aromatic nitrogens is 3. The number of halogens is 4. The van der Waals surface area contributed by atoms with E-state index in [0.29, 0.717) is 22.4 Å². The summed E-state index contributed by atoms with van der Waals surface area (Å²) in [5.74, 6) is -3.18. The topological polar surface area (TPSA) is 103 Å². The summed E-state index contributed by atoms with van der Waals surface area (Å²) in [6.45, 7) is 0. The maximum atomic E-state index is 13.0. The van der Waals surface area contributed by atoms with E-state index < -0.39 is 34.3 Å². The summed E-state index contributed by atoms with van der Waals surface area (Å²) in [5, 5.41) is 19.2. The van der Waals surface area contributed by atoms with Crippen molar-refractivity contribution in [2.24, 2.45) is 7.05 Å². The van der Waals surface area contributed by atoms with Gasteiger partial charge in [-0.1, -0.05) is 11.8 Å². The third kappa shape index (κ3) is 4.43. The number of nitrogens with one attached hydrogen (secondary N) is 1. The van der Waals surface area contributed by atoms with Crippen molar-refractivity contribution in [3.63, 3.8) is 0 Å². The SMILES string of the molecule is Cn1c(SCC(=O)Nc2ccc(F)cc2[N+](=O)[O-])nnc1C(F)(F)F. The van der Waals surface area contributed by atoms with Crippen LogP contribution in [0.4, 0.5) is 28.9 Å². The van der Waals surface area contributed by atoms with Crippen LogP contribution in [-0.2, 0) is 18.0 Å². The van der Waals surface area contributed by atoms with Crippen molar-refractivity contribution in [3.8, 4) is 0 Å². The Labute approximate surface area is 141 Å². The van der Waals surface area contributed by atoms with Gasteiger partial charge in [-0.3, -0.25) is 14.9 Å². The van der Waals surface area contributed by atoms with Gasteiger partial charge in [0.25, 0.3) is 5.69 Å². The van der Waals surface area contributed by atoms with Crippen molar-refractivity contribution in [1.82, 2.24) is 14.8 Å². The molecule has 25 heavy (non-hydrogen) atoms. The van der Waals surface area contributed by atoms with E-state index in [-0.39, 0.29) is 16.6 Å². The third-order valence-corrected chi connectivity index (χ3v) is 3.87. The largest absolute Gasteiger partial charge is 0.451 e. The molecule has 0 aliphatic heterocycles. The van der Waals surface area contributed by atoms with Gasteiger partial charge in [-0.15, -0.1) is 10.2 Å². The maximum Gasteiger partial charge on any atom is 0.451 e. The highest BCUT2D eigenvalue weighted by atomic mass is 32.2. The fourth-order valence-corrected chi connectivity index (χ4v) is 2.48. The zero-order valence-corrected chi connectivity index (χ0v) is 13.2. The van der Waals surface area contributed by atoms with Crippen molar-refractivity contribution >= 4 is 29.0 Å². The highest BCUT2D eigenvalue weighted by Crippen LogP contribution is 2.30. The van der Waals surface area contributed by atoms with E-state index in [4.69, 9.17) is 0 Å². The lowest BCUT2D eigenvalue weighted by molar-refractivity contribution is -0.384. The second kappa shape index (κ2) is 7.04. The lowest BCUT2D eigenvalue weighted by atomic mass is 10.2. The Morgan fingerprint density at radius 3 is 2.64 bits per heavy atom. The number of hydrogen-bond donors (Lipinski definition) is 1. The number of benzene rings is 1. The summed E-state index contributed by atoms with van der Waals surface area (Å²) in [4.78, 5) is 21.8. The van der Waals surface area contributed by atoms with Crippen molar-refractivity contribution in [2.45, 2.75) is 11.3 Å². The van der Waals surface area contributed by atoms with E-state index >= 15 is 0 Å². The average Bonchev–Trinajstić information content (AvgIpc) is 2.88. The fourth-order valence-electron chi connectivity index (χ4n) is 1.77. The predicted octanol–water partition coefficient (Wildman–Crippen LogP) is 2.61. The zero-order valence-electron chi connectivity index (χ0n) is 12.4. The molecule has 0 fully saturated rings. The summed E-state index contributed by atoms with van der Waals surface area (Å²) < 4.78 is 51.5. The van der Waals surface area contributed by atoms with Gasteiger partial charge in [-0.2, -0.15) is 13.2 Å². The number of alkyl halides is 3. The molecule has 134 valence electrons. The Hall–Kier alpha value is -2.70. The summed E-state index contributed by atoms with van der Waals surface area (Å²) in [5.41, 5.74) is -0.873. The Balaban J connectivity index is 2.05. The molecule has 0 radical (unpaired) electrons. The van der Waals surface area contributed by atoms with Crippen molar-refractivity contribution in [3.05, 3.63) is 40.0 Å². The van der Waals surface area contributed by atoms with Crippen LogP contribution in [0.2, 0.25) is 0 Å². The van der Waals surface area contributed by atoms with Crippen LogP contribution in [0.25, 0.3) is 0 Å². The lowest BCUT2D eigenvalue weighted by Crippen LogP contribution is -2.16. The fraction of sp³-hybridized carbons (Fsp3) is 0.250. The first kappa shape index (κ1) is 18.6. The molecule has 1 heterocycles. The molecule has 1 aromatic heterocycles. The minimum atomic E-state index is -4.68. The molecule has 1 amide bonds. The molecule has 8 nitrogen and oxygen atoms in total. The van der Waals surface area contributed by atoms with Crippen LogP contribution >= 0.6 is 11.8 Å². The number of anilines is 1. The Morgan fingerprint density at radius 1 is 1.40 bits per heavy atom. The second-order valence-corrected chi connectivity index (χ2v) is 5.56. The van der Waals surface area contributed by atoms with Crippen molar-refractivity contribution < 1.29 is 27.3 Å². The van der Waals surface area contributed by atoms with E-state index in [2.05, 4.69) is 15.5 Å². The molecule has 0 saturated heterocycles. The van der Waals surface area contributed by atoms with Gasteiger partial charge in [0.05, 0.1) is 16.7 Å². The van der Waals surface area contributed by atoms with Gasteiger partial charge in [0.2, 0.25) is 11.7 Å². The number of amides is 1. The number of nitro benzene ring substituents is 1. The minimum Gasteiger partial charge on any atom is -0.320 e. The Morgan fingerprint density at radius 2 is 2.08 bits per heavy atom. The molecule has 0 unspecified atom stereocenters. The number of thioether (sulfide) groups is 1. The van der Waals surface area contributed by atoms with E-state index in [9.17, 15) is 32.5 Å². The molecule has 0 saturated carbocycles. The molecule has 2 aromatic rings. The van der Waals surface area contributed by atoms with E-state index in [0.717, 1.165) is 19.2 Å². The van der Waals surface area contributed by atoms with Crippen LogP contribution in [0.3, 0.4) is 0 Å². The molecule has 1 N–H and O–H groups in total. The molecule has 0 atom stereocenters. The first-order valence-electron chi connectivity index (χ1n) is 6.42. The first-order chi connectivity index (χ1) is 11.6. The molecule has 0 aliphatic rings. The van der Waals surface area contributed by atoms with Crippen molar-refractivity contribution in [2.75, 3.05) is 11.1 Å². The number of hydrogen-bond acceptors (Lipinski definition) is 6. The van der Waals surface area contributed by atoms with E-state index in [1.54, 1.807) is 0 Å². The maximum absolute atomic E-state index is 13.0. The summed E-state index contributed by atoms with van der Waals surface area (Å²) in [7, 11) is 1.09. The van der Waals surface area contributed by atoms with Gasteiger partial charge in [-0.05, 0) is 12.1 Å².